The van der Waals surface area contributed by atoms with Gasteiger partial charge in [-0.15, -0.1) is 0 Å². The van der Waals surface area contributed by atoms with Crippen LogP contribution in [-0.2, 0) is 4.74 Å². The molecule has 0 aromatic heterocycles. The summed E-state index contributed by atoms with van der Waals surface area (Å²) in [6.45, 7) is 1.02. The van der Waals surface area contributed by atoms with E-state index >= 15 is 0 Å². The molecule has 4 aliphatic rings. The molecule has 1 spiro atoms. The summed E-state index contributed by atoms with van der Waals surface area (Å²) in [5.74, 6) is 1.91. The van der Waals surface area contributed by atoms with Crippen LogP contribution in [0, 0.1) is 11.8 Å². The molecule has 0 bridgehead atoms. The van der Waals surface area contributed by atoms with Crippen molar-refractivity contribution in [2.75, 3.05) is 6.61 Å². The Hall–Kier alpha value is -0.0800. The highest BCUT2D eigenvalue weighted by Gasteiger charge is 2.44. The standard InChI is InChI=1S/C17H29NO/c1-2-10-17(9-1)12-14(8-11-19-17)16-7-6-13-4-3-5-15(13)18-16/h13-16,18H,1-12H2. The lowest BCUT2D eigenvalue weighted by atomic mass is 9.76. The molecule has 2 aliphatic heterocycles. The lowest BCUT2D eigenvalue weighted by Crippen LogP contribution is -2.52. The maximum Gasteiger partial charge on any atom is 0.0685 e. The van der Waals surface area contributed by atoms with Gasteiger partial charge in [0.25, 0.3) is 0 Å². The summed E-state index contributed by atoms with van der Waals surface area (Å²) in [7, 11) is 0. The number of ether oxygens (including phenoxy) is 1. The highest BCUT2D eigenvalue weighted by Crippen LogP contribution is 2.45. The van der Waals surface area contributed by atoms with Crippen molar-refractivity contribution in [2.45, 2.75) is 88.3 Å². The molecule has 2 nitrogen and oxygen atoms in total. The molecule has 4 rings (SSSR count). The molecule has 108 valence electrons. The fourth-order valence-corrected chi connectivity index (χ4v) is 5.50. The third kappa shape index (κ3) is 2.35. The monoisotopic (exact) mass is 263 g/mol. The predicted octanol–water partition coefficient (Wildman–Crippen LogP) is 3.65. The molecule has 0 aromatic rings. The highest BCUT2D eigenvalue weighted by molar-refractivity contribution is 4.98. The zero-order valence-electron chi connectivity index (χ0n) is 12.2. The minimum absolute atomic E-state index is 0.303. The predicted molar refractivity (Wildman–Crippen MR) is 77.2 cm³/mol. The zero-order valence-corrected chi connectivity index (χ0v) is 12.2. The Morgan fingerprint density at radius 1 is 0.789 bits per heavy atom. The van der Waals surface area contributed by atoms with Gasteiger partial charge in [0.2, 0.25) is 0 Å². The molecule has 0 radical (unpaired) electrons. The van der Waals surface area contributed by atoms with Crippen molar-refractivity contribution in [3.05, 3.63) is 0 Å². The van der Waals surface area contributed by atoms with E-state index < -0.39 is 0 Å². The highest BCUT2D eigenvalue weighted by atomic mass is 16.5. The van der Waals surface area contributed by atoms with E-state index in [0.717, 1.165) is 30.5 Å². The Balaban J connectivity index is 1.41. The number of hydrogen-bond acceptors (Lipinski definition) is 2. The molecule has 4 atom stereocenters. The average Bonchev–Trinajstić information content (AvgIpc) is 3.07. The molecule has 2 saturated carbocycles. The van der Waals surface area contributed by atoms with Crippen molar-refractivity contribution in [3.8, 4) is 0 Å². The lowest BCUT2D eigenvalue weighted by molar-refractivity contribution is -0.100. The SMILES string of the molecule is C1CC2CCC(C3CCOC4(CCCC4)C3)NC2C1. The molecule has 2 aliphatic carbocycles. The van der Waals surface area contributed by atoms with Crippen LogP contribution < -0.4 is 5.32 Å². The first kappa shape index (κ1) is 12.6. The van der Waals surface area contributed by atoms with Crippen LogP contribution in [0.25, 0.3) is 0 Å². The van der Waals surface area contributed by atoms with Gasteiger partial charge in [-0.1, -0.05) is 19.3 Å². The largest absolute Gasteiger partial charge is 0.375 e. The van der Waals surface area contributed by atoms with Gasteiger partial charge in [0.15, 0.2) is 0 Å². The van der Waals surface area contributed by atoms with Crippen LogP contribution >= 0.6 is 0 Å². The number of nitrogens with one attached hydrogen (secondary N) is 1. The maximum atomic E-state index is 6.21. The number of piperidine rings is 1. The van der Waals surface area contributed by atoms with Crippen molar-refractivity contribution >= 4 is 0 Å². The summed E-state index contributed by atoms with van der Waals surface area (Å²) in [6.07, 6.45) is 15.4. The van der Waals surface area contributed by atoms with E-state index in [1.807, 2.05) is 0 Å². The number of hydrogen-bond donors (Lipinski definition) is 1. The van der Waals surface area contributed by atoms with Crippen LogP contribution in [0.5, 0.6) is 0 Å². The first-order chi connectivity index (χ1) is 9.35. The second-order valence-electron chi connectivity index (χ2n) is 7.64. The van der Waals surface area contributed by atoms with Gasteiger partial charge in [0.05, 0.1) is 5.60 Å². The fourth-order valence-electron chi connectivity index (χ4n) is 5.50. The van der Waals surface area contributed by atoms with E-state index in [0.29, 0.717) is 5.60 Å². The molecular weight excluding hydrogens is 234 g/mol. The Morgan fingerprint density at radius 2 is 1.63 bits per heavy atom. The Bertz CT molecular complexity index is 323. The third-order valence-corrected chi connectivity index (χ3v) is 6.55. The fraction of sp³-hybridized carbons (Fsp3) is 1.00. The van der Waals surface area contributed by atoms with Crippen LogP contribution in [0.15, 0.2) is 0 Å². The summed E-state index contributed by atoms with van der Waals surface area (Å²) in [6, 6.07) is 1.67. The zero-order chi connectivity index (χ0) is 12.7. The molecule has 19 heavy (non-hydrogen) atoms. The maximum absolute atomic E-state index is 6.21. The van der Waals surface area contributed by atoms with Crippen LogP contribution in [0.1, 0.15) is 70.6 Å². The number of rotatable bonds is 1. The van der Waals surface area contributed by atoms with E-state index in [1.54, 1.807) is 0 Å². The van der Waals surface area contributed by atoms with Crippen LogP contribution in [0.3, 0.4) is 0 Å². The molecule has 4 unspecified atom stereocenters. The van der Waals surface area contributed by atoms with Gasteiger partial charge in [-0.3, -0.25) is 0 Å². The minimum atomic E-state index is 0.303. The molecule has 0 aromatic carbocycles. The molecular formula is C17H29NO. The quantitative estimate of drug-likeness (QED) is 0.780. The van der Waals surface area contributed by atoms with Crippen molar-refractivity contribution < 1.29 is 4.74 Å². The van der Waals surface area contributed by atoms with Gasteiger partial charge >= 0.3 is 0 Å². The van der Waals surface area contributed by atoms with Crippen molar-refractivity contribution in [2.24, 2.45) is 11.8 Å². The Labute approximate surface area is 117 Å². The summed E-state index contributed by atoms with van der Waals surface area (Å²) >= 11 is 0. The van der Waals surface area contributed by atoms with Crippen molar-refractivity contribution in [3.63, 3.8) is 0 Å². The molecule has 1 N–H and O–H groups in total. The first-order valence-electron chi connectivity index (χ1n) is 8.75. The van der Waals surface area contributed by atoms with Gasteiger partial charge in [-0.25, -0.2) is 0 Å². The summed E-state index contributed by atoms with van der Waals surface area (Å²) < 4.78 is 6.21. The van der Waals surface area contributed by atoms with Gasteiger partial charge in [-0.2, -0.15) is 0 Å². The third-order valence-electron chi connectivity index (χ3n) is 6.55. The summed E-state index contributed by atoms with van der Waals surface area (Å²) in [4.78, 5) is 0. The molecule has 2 saturated heterocycles. The topological polar surface area (TPSA) is 21.3 Å². The Kier molecular flexibility index (Phi) is 3.35. The van der Waals surface area contributed by atoms with E-state index in [9.17, 15) is 0 Å². The van der Waals surface area contributed by atoms with Crippen LogP contribution in [-0.4, -0.2) is 24.3 Å². The Morgan fingerprint density at radius 3 is 2.53 bits per heavy atom. The van der Waals surface area contributed by atoms with Crippen LogP contribution in [0.2, 0.25) is 0 Å². The lowest BCUT2D eigenvalue weighted by Gasteiger charge is -2.44. The van der Waals surface area contributed by atoms with Crippen molar-refractivity contribution in [1.29, 1.82) is 0 Å². The average molecular weight is 263 g/mol. The van der Waals surface area contributed by atoms with Gasteiger partial charge in [-0.05, 0) is 63.2 Å². The number of fused-ring (bicyclic) bond motifs is 1. The first-order valence-corrected chi connectivity index (χ1v) is 8.75. The normalized spacial score (nSPS) is 45.5. The molecule has 2 heteroatoms. The second kappa shape index (κ2) is 5.04. The van der Waals surface area contributed by atoms with Gasteiger partial charge in [0, 0.05) is 18.7 Å². The van der Waals surface area contributed by atoms with Crippen molar-refractivity contribution in [1.82, 2.24) is 5.32 Å². The van der Waals surface area contributed by atoms with Gasteiger partial charge in [0.1, 0.15) is 0 Å². The van der Waals surface area contributed by atoms with E-state index in [1.165, 1.54) is 70.6 Å². The van der Waals surface area contributed by atoms with E-state index in [4.69, 9.17) is 4.74 Å². The smallest absolute Gasteiger partial charge is 0.0685 e. The summed E-state index contributed by atoms with van der Waals surface area (Å²) in [5, 5.41) is 4.04. The minimum Gasteiger partial charge on any atom is -0.375 e. The van der Waals surface area contributed by atoms with Crippen LogP contribution in [0.4, 0.5) is 0 Å². The van der Waals surface area contributed by atoms with E-state index in [2.05, 4.69) is 5.32 Å². The molecule has 4 fully saturated rings. The second-order valence-corrected chi connectivity index (χ2v) is 7.64. The van der Waals surface area contributed by atoms with Gasteiger partial charge < -0.3 is 10.1 Å². The van der Waals surface area contributed by atoms with E-state index in [-0.39, 0.29) is 0 Å². The molecule has 0 amide bonds. The summed E-state index contributed by atoms with van der Waals surface area (Å²) in [5.41, 5.74) is 0.303. The molecule has 2 heterocycles.